The number of nitrogens with one attached hydrogen (secondary N) is 1. The van der Waals surface area contributed by atoms with Gasteiger partial charge >= 0.3 is 6.09 Å². The molecule has 11 heteroatoms. The molecule has 2 aliphatic rings. The maximum Gasteiger partial charge on any atom is 0.407 e. The standard InChI is InChI=1S/C30H39N7O4/c1-30(2,3)41-29(39)31-21-8-7-11-36(17-21)28(38)19-12-22-25(24(14-19)40-6)35(5)27(32-22)23-13-20-16-34(4)33-26(20)37(23)15-18-9-10-18/h12-14,16,18,21H,7-11,15,17H2,1-6H3,(H,31,39)/t21-/m1/s1. The summed E-state index contributed by atoms with van der Waals surface area (Å²) >= 11 is 0. The van der Waals surface area contributed by atoms with Gasteiger partial charge in [-0.25, -0.2) is 9.78 Å². The molecule has 2 amide bonds. The first kappa shape index (κ1) is 27.2. The van der Waals surface area contributed by atoms with E-state index >= 15 is 0 Å². The van der Waals surface area contributed by atoms with Crippen LogP contribution in [0.25, 0.3) is 33.6 Å². The van der Waals surface area contributed by atoms with Crippen LogP contribution in [0, 0.1) is 5.92 Å². The molecule has 0 unspecified atom stereocenters. The van der Waals surface area contributed by atoms with Gasteiger partial charge in [-0.2, -0.15) is 5.10 Å². The summed E-state index contributed by atoms with van der Waals surface area (Å²) in [4.78, 5) is 32.9. The Morgan fingerprint density at radius 1 is 1.12 bits per heavy atom. The van der Waals surface area contributed by atoms with Crippen molar-refractivity contribution in [3.8, 4) is 17.3 Å². The van der Waals surface area contributed by atoms with Gasteiger partial charge in [0.15, 0.2) is 11.5 Å². The average molecular weight is 562 g/mol. The zero-order valence-corrected chi connectivity index (χ0v) is 24.7. The Labute approximate surface area is 239 Å². The van der Waals surface area contributed by atoms with Crippen molar-refractivity contribution in [2.24, 2.45) is 20.0 Å². The number of carbonyl (C=O) groups is 2. The van der Waals surface area contributed by atoms with Crippen molar-refractivity contribution in [2.45, 2.75) is 64.6 Å². The predicted molar refractivity (Wildman–Crippen MR) is 156 cm³/mol. The summed E-state index contributed by atoms with van der Waals surface area (Å²) in [6.07, 6.45) is 5.62. The molecule has 4 aromatic rings. The molecule has 218 valence electrons. The van der Waals surface area contributed by atoms with E-state index in [-0.39, 0.29) is 11.9 Å². The maximum absolute atomic E-state index is 13.7. The summed E-state index contributed by atoms with van der Waals surface area (Å²) in [6, 6.07) is 5.62. The van der Waals surface area contributed by atoms with Gasteiger partial charge in [-0.1, -0.05) is 0 Å². The Morgan fingerprint density at radius 2 is 1.90 bits per heavy atom. The van der Waals surface area contributed by atoms with Crippen LogP contribution in [0.5, 0.6) is 5.75 Å². The number of rotatable bonds is 6. The smallest absolute Gasteiger partial charge is 0.407 e. The van der Waals surface area contributed by atoms with E-state index in [1.54, 1.807) is 18.1 Å². The van der Waals surface area contributed by atoms with Crippen molar-refractivity contribution >= 4 is 34.1 Å². The lowest BCUT2D eigenvalue weighted by molar-refractivity contribution is 0.0452. The molecule has 6 rings (SSSR count). The Kier molecular flexibility index (Phi) is 6.70. The fraction of sp³-hybridized carbons (Fsp3) is 0.533. The number of carbonyl (C=O) groups excluding carboxylic acids is 2. The SMILES string of the molecule is COc1cc(C(=O)N2CCC[C@@H](NC(=O)OC(C)(C)C)C2)cc2nc(-c3cc4cn(C)nc4n3CC3CC3)n(C)c12. The molecular weight excluding hydrogens is 522 g/mol. The third kappa shape index (κ3) is 5.37. The third-order valence-electron chi connectivity index (χ3n) is 7.87. The number of methoxy groups -OCH3 is 1. The molecule has 0 bridgehead atoms. The maximum atomic E-state index is 13.7. The van der Waals surface area contributed by atoms with E-state index in [0.29, 0.717) is 35.8 Å². The Bertz CT molecular complexity index is 1640. The van der Waals surface area contributed by atoms with Crippen LogP contribution in [0.2, 0.25) is 0 Å². The summed E-state index contributed by atoms with van der Waals surface area (Å²) in [6.45, 7) is 7.44. The average Bonchev–Trinajstić information content (AvgIpc) is 3.46. The van der Waals surface area contributed by atoms with Crippen LogP contribution in [0.3, 0.4) is 0 Å². The number of hydrogen-bond acceptors (Lipinski definition) is 6. The molecule has 2 fully saturated rings. The fourth-order valence-corrected chi connectivity index (χ4v) is 5.83. The van der Waals surface area contributed by atoms with Crippen molar-refractivity contribution in [3.63, 3.8) is 0 Å². The number of benzene rings is 1. The lowest BCUT2D eigenvalue weighted by atomic mass is 10.0. The van der Waals surface area contributed by atoms with Crippen molar-refractivity contribution in [2.75, 3.05) is 20.2 Å². The van der Waals surface area contributed by atoms with Gasteiger partial charge in [-0.05, 0) is 70.6 Å². The van der Waals surface area contributed by atoms with Crippen molar-refractivity contribution in [3.05, 3.63) is 30.0 Å². The molecule has 1 atom stereocenters. The van der Waals surface area contributed by atoms with E-state index in [0.717, 1.165) is 47.5 Å². The van der Waals surface area contributed by atoms with Gasteiger partial charge in [0.05, 0.1) is 18.3 Å². The van der Waals surface area contributed by atoms with E-state index in [2.05, 4.69) is 16.0 Å². The van der Waals surface area contributed by atoms with Gasteiger partial charge in [0, 0.05) is 56.9 Å². The van der Waals surface area contributed by atoms with Crippen molar-refractivity contribution < 1.29 is 19.1 Å². The molecule has 1 saturated heterocycles. The van der Waals surface area contributed by atoms with Gasteiger partial charge < -0.3 is 28.8 Å². The lowest BCUT2D eigenvalue weighted by Gasteiger charge is -2.33. The summed E-state index contributed by atoms with van der Waals surface area (Å²) < 4.78 is 17.4. The van der Waals surface area contributed by atoms with Crippen LogP contribution in [0.15, 0.2) is 24.4 Å². The summed E-state index contributed by atoms with van der Waals surface area (Å²) in [5.41, 5.74) is 3.44. The molecule has 3 aromatic heterocycles. The van der Waals surface area contributed by atoms with E-state index in [1.807, 2.05) is 56.4 Å². The van der Waals surface area contributed by atoms with Gasteiger partial charge in [0.25, 0.3) is 5.91 Å². The molecule has 41 heavy (non-hydrogen) atoms. The summed E-state index contributed by atoms with van der Waals surface area (Å²) in [7, 11) is 5.54. The number of imidazole rings is 1. The van der Waals surface area contributed by atoms with Crippen LogP contribution in [0.1, 0.15) is 56.8 Å². The Hall–Kier alpha value is -4.02. The first-order valence-corrected chi connectivity index (χ1v) is 14.4. The third-order valence-corrected chi connectivity index (χ3v) is 7.87. The summed E-state index contributed by atoms with van der Waals surface area (Å²) in [5.74, 6) is 1.96. The zero-order valence-electron chi connectivity index (χ0n) is 24.7. The van der Waals surface area contributed by atoms with Crippen molar-refractivity contribution in [1.82, 2.24) is 34.1 Å². The molecule has 1 N–H and O–H groups in total. The molecule has 1 aliphatic heterocycles. The second-order valence-corrected chi connectivity index (χ2v) is 12.4. The van der Waals surface area contributed by atoms with Gasteiger partial charge in [-0.15, -0.1) is 0 Å². The minimum Gasteiger partial charge on any atom is -0.494 e. The van der Waals surface area contributed by atoms with Crippen LogP contribution in [0.4, 0.5) is 4.79 Å². The Morgan fingerprint density at radius 3 is 2.61 bits per heavy atom. The van der Waals surface area contributed by atoms with E-state index in [4.69, 9.17) is 19.6 Å². The van der Waals surface area contributed by atoms with E-state index in [9.17, 15) is 9.59 Å². The second-order valence-electron chi connectivity index (χ2n) is 12.4. The number of aryl methyl sites for hydroxylation is 2. The minimum absolute atomic E-state index is 0.111. The fourth-order valence-electron chi connectivity index (χ4n) is 5.83. The number of amides is 2. The highest BCUT2D eigenvalue weighted by atomic mass is 16.6. The molecular formula is C30H39N7O4. The molecule has 4 heterocycles. The summed E-state index contributed by atoms with van der Waals surface area (Å²) in [5, 5.41) is 8.73. The van der Waals surface area contributed by atoms with Crippen molar-refractivity contribution in [1.29, 1.82) is 0 Å². The minimum atomic E-state index is -0.579. The highest BCUT2D eigenvalue weighted by Gasteiger charge is 2.30. The van der Waals surface area contributed by atoms with E-state index in [1.165, 1.54) is 12.8 Å². The number of hydrogen-bond donors (Lipinski definition) is 1. The highest BCUT2D eigenvalue weighted by molar-refractivity contribution is 6.00. The first-order valence-electron chi connectivity index (χ1n) is 14.4. The van der Waals surface area contributed by atoms with Gasteiger partial charge in [0.2, 0.25) is 0 Å². The number of piperidine rings is 1. The number of nitrogens with zero attached hydrogens (tertiary/aromatic N) is 6. The number of alkyl carbamates (subject to hydrolysis) is 1. The number of likely N-dealkylation sites (tertiary alicyclic amines) is 1. The molecule has 1 aromatic carbocycles. The number of ether oxygens (including phenoxy) is 2. The lowest BCUT2D eigenvalue weighted by Crippen LogP contribution is -2.50. The van der Waals surface area contributed by atoms with Crippen LogP contribution in [-0.2, 0) is 25.4 Å². The highest BCUT2D eigenvalue weighted by Crippen LogP contribution is 2.37. The topological polar surface area (TPSA) is 108 Å². The van der Waals surface area contributed by atoms with Gasteiger partial charge in [-0.3, -0.25) is 9.48 Å². The predicted octanol–water partition coefficient (Wildman–Crippen LogP) is 4.48. The normalized spacial score (nSPS) is 17.8. The van der Waals surface area contributed by atoms with Crippen LogP contribution in [-0.4, -0.2) is 72.6 Å². The number of aromatic nitrogens is 5. The van der Waals surface area contributed by atoms with E-state index < -0.39 is 11.7 Å². The van der Waals surface area contributed by atoms with Crippen LogP contribution < -0.4 is 10.1 Å². The largest absolute Gasteiger partial charge is 0.494 e. The first-order chi connectivity index (χ1) is 19.5. The van der Waals surface area contributed by atoms with Gasteiger partial charge in [0.1, 0.15) is 16.9 Å². The second kappa shape index (κ2) is 10.1. The van der Waals surface area contributed by atoms with Crippen LogP contribution >= 0.6 is 0 Å². The number of fused-ring (bicyclic) bond motifs is 2. The molecule has 11 nitrogen and oxygen atoms in total. The molecule has 1 aliphatic carbocycles. The molecule has 0 spiro atoms. The molecule has 0 radical (unpaired) electrons. The monoisotopic (exact) mass is 561 g/mol. The zero-order chi connectivity index (χ0) is 29.1. The Balaban J connectivity index is 1.31. The molecule has 1 saturated carbocycles. The quantitative estimate of drug-likeness (QED) is 0.372.